The Morgan fingerprint density at radius 3 is 2.18 bits per heavy atom. The molecular formula is C34H44O10. The van der Waals surface area contributed by atoms with Crippen LogP contribution >= 0.6 is 0 Å². The number of ketones is 2. The number of fused-ring (bicyclic) bond motifs is 1. The van der Waals surface area contributed by atoms with Crippen LogP contribution in [0.25, 0.3) is 0 Å². The van der Waals surface area contributed by atoms with Crippen molar-refractivity contribution in [2.45, 2.75) is 91.3 Å². The summed E-state index contributed by atoms with van der Waals surface area (Å²) in [4.78, 5) is 66.8. The van der Waals surface area contributed by atoms with Crippen LogP contribution in [0.4, 0.5) is 0 Å². The van der Waals surface area contributed by atoms with Crippen molar-refractivity contribution < 1.29 is 48.4 Å². The summed E-state index contributed by atoms with van der Waals surface area (Å²) in [6.45, 7) is 15.1. The number of carbonyl (C=O) groups excluding carboxylic acids is 5. The molecule has 44 heavy (non-hydrogen) atoms. The lowest BCUT2D eigenvalue weighted by Crippen LogP contribution is -2.56. The fourth-order valence-electron chi connectivity index (χ4n) is 5.85. The monoisotopic (exact) mass is 612 g/mol. The van der Waals surface area contributed by atoms with Crippen LogP contribution in [0.15, 0.2) is 54.6 Å². The summed E-state index contributed by atoms with van der Waals surface area (Å²) in [5.41, 5.74) is -3.67. The van der Waals surface area contributed by atoms with Crippen LogP contribution in [0.3, 0.4) is 0 Å². The summed E-state index contributed by atoms with van der Waals surface area (Å²) in [7, 11) is 0. The lowest BCUT2D eigenvalue weighted by molar-refractivity contribution is -0.168. The number of Topliss-reactive ketones (excluding diaryl/α,β-unsaturated/α-hetero) is 2. The number of aliphatic hydroxyl groups excluding tert-OH is 1. The van der Waals surface area contributed by atoms with Crippen LogP contribution < -0.4 is 0 Å². The molecular weight excluding hydrogens is 568 g/mol. The van der Waals surface area contributed by atoms with Gasteiger partial charge in [-0.05, 0) is 38.3 Å². The minimum Gasteiger partial charge on any atom is -0.461 e. The Morgan fingerprint density at radius 2 is 1.61 bits per heavy atom. The molecule has 10 heteroatoms. The predicted octanol–water partition coefficient (Wildman–Crippen LogP) is 3.78. The summed E-state index contributed by atoms with van der Waals surface area (Å²) in [6.07, 6.45) is -3.73. The topological polar surface area (TPSA) is 154 Å². The number of carbonyl (C=O) groups is 5. The maximum absolute atomic E-state index is 14.1. The van der Waals surface area contributed by atoms with Gasteiger partial charge in [0.05, 0.1) is 17.4 Å². The number of ether oxygens (including phenoxy) is 3. The van der Waals surface area contributed by atoms with Gasteiger partial charge in [0.2, 0.25) is 0 Å². The van der Waals surface area contributed by atoms with Crippen LogP contribution in [0.5, 0.6) is 0 Å². The third-order valence-electron chi connectivity index (χ3n) is 8.50. The highest BCUT2D eigenvalue weighted by molar-refractivity contribution is 5.94. The summed E-state index contributed by atoms with van der Waals surface area (Å²) < 4.78 is 17.4. The predicted molar refractivity (Wildman–Crippen MR) is 160 cm³/mol. The van der Waals surface area contributed by atoms with Crippen molar-refractivity contribution in [1.29, 1.82) is 0 Å². The Kier molecular flexibility index (Phi) is 10.7. The smallest absolute Gasteiger partial charge is 0.338 e. The van der Waals surface area contributed by atoms with E-state index in [1.54, 1.807) is 52.8 Å². The van der Waals surface area contributed by atoms with E-state index in [4.69, 9.17) is 14.2 Å². The lowest BCUT2D eigenvalue weighted by Gasteiger charge is -2.41. The van der Waals surface area contributed by atoms with Gasteiger partial charge in [0, 0.05) is 23.3 Å². The molecule has 1 fully saturated rings. The van der Waals surface area contributed by atoms with Gasteiger partial charge < -0.3 is 24.4 Å². The molecule has 240 valence electrons. The molecule has 0 amide bonds. The van der Waals surface area contributed by atoms with Gasteiger partial charge in [-0.2, -0.15) is 0 Å². The third kappa shape index (κ3) is 7.02. The highest BCUT2D eigenvalue weighted by atomic mass is 16.6. The average Bonchev–Trinajstić information content (AvgIpc) is 3.24. The summed E-state index contributed by atoms with van der Waals surface area (Å²) >= 11 is 0. The first-order valence-electron chi connectivity index (χ1n) is 15.0. The number of hydrogen-bond acceptors (Lipinski definition) is 10. The van der Waals surface area contributed by atoms with E-state index in [0.717, 1.165) is 0 Å². The van der Waals surface area contributed by atoms with Crippen molar-refractivity contribution in [2.24, 2.45) is 29.1 Å². The van der Waals surface area contributed by atoms with E-state index in [1.165, 1.54) is 38.1 Å². The molecule has 2 aliphatic carbocycles. The molecule has 0 spiro atoms. The molecule has 2 aliphatic rings. The Hall–Kier alpha value is -3.63. The molecule has 1 saturated carbocycles. The highest BCUT2D eigenvalue weighted by Crippen LogP contribution is 2.49. The largest absolute Gasteiger partial charge is 0.461 e. The zero-order valence-electron chi connectivity index (χ0n) is 26.4. The molecule has 0 heterocycles. The van der Waals surface area contributed by atoms with Gasteiger partial charge in [-0.25, -0.2) is 4.79 Å². The first-order chi connectivity index (χ1) is 20.5. The molecule has 0 radical (unpaired) electrons. The van der Waals surface area contributed by atoms with E-state index in [9.17, 15) is 34.2 Å². The molecule has 1 aromatic carbocycles. The van der Waals surface area contributed by atoms with E-state index in [0.29, 0.717) is 0 Å². The van der Waals surface area contributed by atoms with E-state index in [-0.39, 0.29) is 24.0 Å². The van der Waals surface area contributed by atoms with Crippen molar-refractivity contribution in [2.75, 3.05) is 0 Å². The van der Waals surface area contributed by atoms with Gasteiger partial charge in [-0.3, -0.25) is 19.2 Å². The second kappa shape index (κ2) is 13.6. The van der Waals surface area contributed by atoms with Crippen LogP contribution in [-0.4, -0.2) is 69.7 Å². The van der Waals surface area contributed by atoms with Gasteiger partial charge in [0.25, 0.3) is 0 Å². The van der Waals surface area contributed by atoms with E-state index in [2.05, 4.69) is 6.58 Å². The van der Waals surface area contributed by atoms with Gasteiger partial charge in [0.1, 0.15) is 17.8 Å². The maximum Gasteiger partial charge on any atom is 0.338 e. The number of esters is 3. The quantitative estimate of drug-likeness (QED) is 0.276. The molecule has 3 rings (SSSR count). The van der Waals surface area contributed by atoms with E-state index in [1.807, 2.05) is 0 Å². The first kappa shape index (κ1) is 34.9. The van der Waals surface area contributed by atoms with E-state index >= 15 is 0 Å². The maximum atomic E-state index is 14.1. The number of hydrogen-bond donors (Lipinski definition) is 2. The standard InChI is InChI=1S/C34H44O10/c1-9-23(35)42-26-20(5)17-34(41)24(26)27(43-32(40)22-13-11-10-12-14-22)21(6)28(44-31(39)18(2)3)25(36)30(38)33(7,8)16-15-19(4)29(34)37/h10-16,18-20,24-28,36,41H,6,9,17H2,1-5,7-8H3. The number of benzene rings is 1. The fraction of sp³-hybridized carbons (Fsp3) is 0.559. The second-order valence-electron chi connectivity index (χ2n) is 12.8. The Bertz CT molecular complexity index is 1310. The summed E-state index contributed by atoms with van der Waals surface area (Å²) in [5, 5.41) is 23.8. The van der Waals surface area contributed by atoms with E-state index < -0.39 is 88.6 Å². The molecule has 1 aromatic rings. The average molecular weight is 613 g/mol. The molecule has 0 bridgehead atoms. The molecule has 8 atom stereocenters. The van der Waals surface area contributed by atoms with Gasteiger partial charge in [0.15, 0.2) is 23.8 Å². The zero-order chi connectivity index (χ0) is 33.1. The van der Waals surface area contributed by atoms with Crippen molar-refractivity contribution in [3.05, 3.63) is 60.2 Å². The highest BCUT2D eigenvalue weighted by Gasteiger charge is 2.63. The van der Waals surface area contributed by atoms with Crippen molar-refractivity contribution in [3.63, 3.8) is 0 Å². The number of rotatable bonds is 6. The van der Waals surface area contributed by atoms with Crippen molar-refractivity contribution in [3.8, 4) is 0 Å². The van der Waals surface area contributed by atoms with Crippen LogP contribution in [0, 0.1) is 29.1 Å². The Morgan fingerprint density at radius 1 is 1.00 bits per heavy atom. The Labute approximate surface area is 258 Å². The first-order valence-corrected chi connectivity index (χ1v) is 15.0. The minimum atomic E-state index is -2.21. The molecule has 2 N–H and O–H groups in total. The van der Waals surface area contributed by atoms with Gasteiger partial charge in [-0.1, -0.05) is 71.5 Å². The number of aliphatic hydroxyl groups is 2. The molecule has 8 unspecified atom stereocenters. The van der Waals surface area contributed by atoms with Gasteiger partial charge in [-0.15, -0.1) is 0 Å². The summed E-state index contributed by atoms with van der Waals surface area (Å²) in [5.74, 6) is -7.25. The van der Waals surface area contributed by atoms with Crippen molar-refractivity contribution >= 4 is 29.5 Å². The van der Waals surface area contributed by atoms with Gasteiger partial charge >= 0.3 is 17.9 Å². The SMILES string of the molecule is C=C1C(OC(=O)C(C)C)C(O)C(=O)C(C)(C)C=CC(C)C(=O)C2(O)CC(C)C(OC(=O)CC)C2C1OC(=O)c1ccccc1. The molecule has 0 aromatic heterocycles. The minimum absolute atomic E-state index is 0.00615. The third-order valence-corrected chi connectivity index (χ3v) is 8.50. The molecule has 10 nitrogen and oxygen atoms in total. The van der Waals surface area contributed by atoms with Crippen LogP contribution in [0.1, 0.15) is 71.7 Å². The number of allylic oxidation sites excluding steroid dienone is 2. The molecule has 0 saturated heterocycles. The zero-order valence-corrected chi connectivity index (χ0v) is 26.4. The fourth-order valence-corrected chi connectivity index (χ4v) is 5.85. The summed E-state index contributed by atoms with van der Waals surface area (Å²) in [6, 6.07) is 7.91. The lowest BCUT2D eigenvalue weighted by atomic mass is 9.73. The molecule has 0 aliphatic heterocycles. The Balaban J connectivity index is 2.33. The van der Waals surface area contributed by atoms with Crippen molar-refractivity contribution in [1.82, 2.24) is 0 Å². The normalized spacial score (nSPS) is 32.3. The second-order valence-corrected chi connectivity index (χ2v) is 12.8. The van der Waals surface area contributed by atoms with Crippen LogP contribution in [-0.2, 0) is 33.4 Å². The van der Waals surface area contributed by atoms with Crippen LogP contribution in [0.2, 0.25) is 0 Å².